The second-order valence-electron chi connectivity index (χ2n) is 6.05. The van der Waals surface area contributed by atoms with Gasteiger partial charge in [-0.25, -0.2) is 0 Å². The van der Waals surface area contributed by atoms with E-state index < -0.39 is 0 Å². The molecule has 1 aliphatic heterocycles. The molecule has 0 N–H and O–H groups in total. The van der Waals surface area contributed by atoms with Gasteiger partial charge >= 0.3 is 0 Å². The van der Waals surface area contributed by atoms with E-state index in [1.54, 1.807) is 11.3 Å². The van der Waals surface area contributed by atoms with Gasteiger partial charge in [0.2, 0.25) is 5.91 Å². The molecule has 3 nitrogen and oxygen atoms in total. The summed E-state index contributed by atoms with van der Waals surface area (Å²) in [6.07, 6.45) is 2.20. The maximum atomic E-state index is 12.8. The van der Waals surface area contributed by atoms with Crippen LogP contribution < -0.4 is 0 Å². The van der Waals surface area contributed by atoms with E-state index in [1.165, 1.54) is 10.4 Å². The third-order valence-electron chi connectivity index (χ3n) is 4.50. The Hall–Kier alpha value is -1.65. The lowest BCUT2D eigenvalue weighted by Crippen LogP contribution is -2.39. The number of amides is 1. The summed E-state index contributed by atoms with van der Waals surface area (Å²) in [6, 6.07) is 14.9. The summed E-state index contributed by atoms with van der Waals surface area (Å²) in [4.78, 5) is 18.4. The molecule has 0 aliphatic carbocycles. The predicted octanol–water partition coefficient (Wildman–Crippen LogP) is 3.93. The van der Waals surface area contributed by atoms with E-state index in [-0.39, 0.29) is 11.9 Å². The van der Waals surface area contributed by atoms with Crippen LogP contribution in [-0.4, -0.2) is 35.3 Å². The molecular formula is C19H24N2OS. The van der Waals surface area contributed by atoms with Crippen molar-refractivity contribution >= 4 is 17.2 Å². The van der Waals surface area contributed by atoms with Gasteiger partial charge in [-0.15, -0.1) is 11.3 Å². The Labute approximate surface area is 142 Å². The highest BCUT2D eigenvalue weighted by atomic mass is 32.1. The number of thiophene rings is 1. The van der Waals surface area contributed by atoms with Crippen molar-refractivity contribution < 1.29 is 4.79 Å². The molecule has 1 aromatic heterocycles. The highest BCUT2D eigenvalue weighted by Gasteiger charge is 2.30. The molecule has 1 saturated heterocycles. The number of benzene rings is 1. The van der Waals surface area contributed by atoms with Gasteiger partial charge in [-0.2, -0.15) is 0 Å². The number of hydrogen-bond acceptors (Lipinski definition) is 3. The van der Waals surface area contributed by atoms with E-state index in [0.717, 1.165) is 32.5 Å². The first-order chi connectivity index (χ1) is 11.3. The Kier molecular flexibility index (Phi) is 5.47. The lowest BCUT2D eigenvalue weighted by Gasteiger charge is -2.27. The Morgan fingerprint density at radius 1 is 1.26 bits per heavy atom. The number of carbonyl (C=O) groups excluding carboxylic acids is 1. The summed E-state index contributed by atoms with van der Waals surface area (Å²) < 4.78 is 0. The van der Waals surface area contributed by atoms with Crippen molar-refractivity contribution in [1.29, 1.82) is 0 Å². The molecule has 2 heterocycles. The van der Waals surface area contributed by atoms with Gasteiger partial charge in [0.1, 0.15) is 0 Å². The van der Waals surface area contributed by atoms with Crippen LogP contribution in [0.2, 0.25) is 0 Å². The van der Waals surface area contributed by atoms with Crippen LogP contribution in [0.3, 0.4) is 0 Å². The first-order valence-corrected chi connectivity index (χ1v) is 9.25. The Morgan fingerprint density at radius 2 is 2.09 bits per heavy atom. The van der Waals surface area contributed by atoms with E-state index in [4.69, 9.17) is 0 Å². The van der Waals surface area contributed by atoms with Crippen LogP contribution in [0.5, 0.6) is 0 Å². The van der Waals surface area contributed by atoms with E-state index in [1.807, 2.05) is 6.07 Å². The fraction of sp³-hybridized carbons (Fsp3) is 0.421. The fourth-order valence-electron chi connectivity index (χ4n) is 3.25. The van der Waals surface area contributed by atoms with Gasteiger partial charge in [-0.3, -0.25) is 9.69 Å². The van der Waals surface area contributed by atoms with Crippen LogP contribution in [0.1, 0.15) is 36.2 Å². The molecule has 1 amide bonds. The zero-order valence-electron chi connectivity index (χ0n) is 13.6. The molecule has 122 valence electrons. The quantitative estimate of drug-likeness (QED) is 0.802. The summed E-state index contributed by atoms with van der Waals surface area (Å²) in [5.41, 5.74) is 1.26. The van der Waals surface area contributed by atoms with Crippen LogP contribution in [0.25, 0.3) is 0 Å². The van der Waals surface area contributed by atoms with Crippen molar-refractivity contribution in [3.05, 3.63) is 58.3 Å². The highest BCUT2D eigenvalue weighted by Crippen LogP contribution is 2.34. The van der Waals surface area contributed by atoms with Crippen LogP contribution >= 0.6 is 11.3 Å². The SMILES string of the molecule is CCN(CC(=O)N1CCCC1c1cccs1)Cc1ccccc1. The van der Waals surface area contributed by atoms with Gasteiger partial charge in [-0.05, 0) is 36.4 Å². The standard InChI is InChI=1S/C19H24N2OS/c1-2-20(14-16-8-4-3-5-9-16)15-19(22)21-12-6-10-17(21)18-11-7-13-23-18/h3-5,7-9,11,13,17H,2,6,10,12,14-15H2,1H3. The van der Waals surface area contributed by atoms with E-state index in [9.17, 15) is 4.79 Å². The second-order valence-corrected chi connectivity index (χ2v) is 7.03. The summed E-state index contributed by atoms with van der Waals surface area (Å²) in [6.45, 7) is 5.24. The maximum Gasteiger partial charge on any atom is 0.237 e. The minimum Gasteiger partial charge on any atom is -0.334 e. The maximum absolute atomic E-state index is 12.8. The zero-order valence-corrected chi connectivity index (χ0v) is 14.5. The fourth-order valence-corrected chi connectivity index (χ4v) is 4.12. The van der Waals surface area contributed by atoms with E-state index in [2.05, 4.69) is 58.5 Å². The molecule has 0 saturated carbocycles. The Morgan fingerprint density at radius 3 is 2.78 bits per heavy atom. The van der Waals surface area contributed by atoms with Gasteiger partial charge < -0.3 is 4.90 Å². The molecule has 23 heavy (non-hydrogen) atoms. The smallest absolute Gasteiger partial charge is 0.237 e. The first-order valence-electron chi connectivity index (χ1n) is 8.37. The van der Waals surface area contributed by atoms with Gasteiger partial charge in [0.25, 0.3) is 0 Å². The van der Waals surface area contributed by atoms with Crippen LogP contribution in [0.4, 0.5) is 0 Å². The Balaban J connectivity index is 1.62. The average Bonchev–Trinajstić information content (AvgIpc) is 3.25. The third-order valence-corrected chi connectivity index (χ3v) is 5.47. The summed E-state index contributed by atoms with van der Waals surface area (Å²) in [5, 5.41) is 2.10. The van der Waals surface area contributed by atoms with E-state index in [0.29, 0.717) is 6.54 Å². The molecule has 2 aromatic rings. The average molecular weight is 328 g/mol. The Bertz CT molecular complexity index is 612. The molecule has 1 unspecified atom stereocenters. The molecule has 1 fully saturated rings. The predicted molar refractivity (Wildman–Crippen MR) is 95.4 cm³/mol. The van der Waals surface area contributed by atoms with Crippen molar-refractivity contribution in [1.82, 2.24) is 9.80 Å². The molecule has 1 atom stereocenters. The number of likely N-dealkylation sites (N-methyl/N-ethyl adjacent to an activating group) is 1. The number of likely N-dealkylation sites (tertiary alicyclic amines) is 1. The number of rotatable bonds is 6. The van der Waals surface area contributed by atoms with Crippen molar-refractivity contribution in [2.75, 3.05) is 19.6 Å². The zero-order chi connectivity index (χ0) is 16.1. The monoisotopic (exact) mass is 328 g/mol. The minimum absolute atomic E-state index is 0.263. The van der Waals surface area contributed by atoms with Crippen molar-refractivity contribution in [3.8, 4) is 0 Å². The number of nitrogens with zero attached hydrogens (tertiary/aromatic N) is 2. The van der Waals surface area contributed by atoms with Gasteiger partial charge in [0.05, 0.1) is 12.6 Å². The van der Waals surface area contributed by atoms with Crippen LogP contribution in [0.15, 0.2) is 47.8 Å². The molecule has 4 heteroatoms. The van der Waals surface area contributed by atoms with E-state index >= 15 is 0 Å². The summed E-state index contributed by atoms with van der Waals surface area (Å²) in [5.74, 6) is 0.263. The molecule has 3 rings (SSSR count). The van der Waals surface area contributed by atoms with Gasteiger partial charge in [0, 0.05) is 18.0 Å². The normalized spacial score (nSPS) is 17.8. The second kappa shape index (κ2) is 7.75. The largest absolute Gasteiger partial charge is 0.334 e. The summed E-state index contributed by atoms with van der Waals surface area (Å²) in [7, 11) is 0. The van der Waals surface area contributed by atoms with Crippen molar-refractivity contribution in [2.45, 2.75) is 32.4 Å². The number of carbonyl (C=O) groups is 1. The molecule has 0 radical (unpaired) electrons. The van der Waals surface area contributed by atoms with Crippen LogP contribution in [-0.2, 0) is 11.3 Å². The molecule has 0 bridgehead atoms. The van der Waals surface area contributed by atoms with Crippen molar-refractivity contribution in [2.24, 2.45) is 0 Å². The molecule has 1 aromatic carbocycles. The topological polar surface area (TPSA) is 23.6 Å². The van der Waals surface area contributed by atoms with Gasteiger partial charge in [-0.1, -0.05) is 43.3 Å². The molecular weight excluding hydrogens is 304 g/mol. The third kappa shape index (κ3) is 4.01. The first kappa shape index (κ1) is 16.2. The van der Waals surface area contributed by atoms with Crippen molar-refractivity contribution in [3.63, 3.8) is 0 Å². The lowest BCUT2D eigenvalue weighted by molar-refractivity contribution is -0.133. The highest BCUT2D eigenvalue weighted by molar-refractivity contribution is 7.10. The lowest BCUT2D eigenvalue weighted by atomic mass is 10.2. The van der Waals surface area contributed by atoms with Gasteiger partial charge in [0.15, 0.2) is 0 Å². The molecule has 1 aliphatic rings. The summed E-state index contributed by atoms with van der Waals surface area (Å²) >= 11 is 1.76. The molecule has 0 spiro atoms. The van der Waals surface area contributed by atoms with Crippen LogP contribution in [0, 0.1) is 0 Å². The minimum atomic E-state index is 0.263. The number of hydrogen-bond donors (Lipinski definition) is 0.